The molecule has 1 aliphatic rings. The van der Waals surface area contributed by atoms with E-state index in [0.717, 1.165) is 11.3 Å². The molecule has 0 spiro atoms. The summed E-state index contributed by atoms with van der Waals surface area (Å²) in [6, 6.07) is -0.668. The zero-order valence-corrected chi connectivity index (χ0v) is 12.0. The van der Waals surface area contributed by atoms with Gasteiger partial charge in [-0.05, 0) is 13.3 Å². The van der Waals surface area contributed by atoms with Crippen LogP contribution in [-0.4, -0.2) is 38.7 Å². The molecule has 0 aliphatic carbocycles. The molecule has 8 nitrogen and oxygen atoms in total. The van der Waals surface area contributed by atoms with Crippen molar-refractivity contribution in [2.24, 2.45) is 0 Å². The SMILES string of the molecule is Cc1nc2c(CC(=O)NC3CCC(=O)NC3=O)cncc2[nH]1. The minimum Gasteiger partial charge on any atom is -0.344 e. The predicted octanol–water partition coefficient (Wildman–Crippen LogP) is -0.270. The van der Waals surface area contributed by atoms with Gasteiger partial charge in [0, 0.05) is 18.2 Å². The molecule has 1 aliphatic heterocycles. The first-order valence-electron chi connectivity index (χ1n) is 6.95. The van der Waals surface area contributed by atoms with Crippen LogP contribution in [0.1, 0.15) is 24.2 Å². The molecule has 1 fully saturated rings. The Morgan fingerprint density at radius 1 is 1.41 bits per heavy atom. The number of piperidine rings is 1. The van der Waals surface area contributed by atoms with Gasteiger partial charge in [0.2, 0.25) is 17.7 Å². The largest absolute Gasteiger partial charge is 0.344 e. The van der Waals surface area contributed by atoms with Gasteiger partial charge in [-0.15, -0.1) is 0 Å². The standard InChI is InChI=1S/C14H15N5O3/c1-7-16-10-6-15-5-8(13(10)17-7)4-12(21)18-9-2-3-11(20)19-14(9)22/h5-6,9H,2-4H2,1H3,(H,16,17)(H,18,21)(H,19,20,22). The lowest BCUT2D eigenvalue weighted by atomic mass is 10.1. The highest BCUT2D eigenvalue weighted by atomic mass is 16.2. The highest BCUT2D eigenvalue weighted by Gasteiger charge is 2.27. The molecule has 0 saturated carbocycles. The van der Waals surface area contributed by atoms with E-state index >= 15 is 0 Å². The average molecular weight is 301 g/mol. The van der Waals surface area contributed by atoms with E-state index in [9.17, 15) is 14.4 Å². The normalized spacial score (nSPS) is 18.3. The second-order valence-corrected chi connectivity index (χ2v) is 5.26. The van der Waals surface area contributed by atoms with E-state index in [1.807, 2.05) is 6.92 Å². The van der Waals surface area contributed by atoms with Crippen LogP contribution in [0, 0.1) is 6.92 Å². The number of H-pyrrole nitrogens is 1. The van der Waals surface area contributed by atoms with E-state index in [1.165, 1.54) is 0 Å². The van der Waals surface area contributed by atoms with Gasteiger partial charge in [-0.1, -0.05) is 0 Å². The first-order valence-corrected chi connectivity index (χ1v) is 6.95. The molecular weight excluding hydrogens is 286 g/mol. The molecule has 3 amide bonds. The molecule has 1 saturated heterocycles. The summed E-state index contributed by atoms with van der Waals surface area (Å²) < 4.78 is 0. The number of aromatic nitrogens is 3. The number of imidazole rings is 1. The Morgan fingerprint density at radius 3 is 3.00 bits per heavy atom. The van der Waals surface area contributed by atoms with Crippen molar-refractivity contribution in [1.82, 2.24) is 25.6 Å². The van der Waals surface area contributed by atoms with Crippen LogP contribution in [0.25, 0.3) is 11.0 Å². The van der Waals surface area contributed by atoms with Crippen molar-refractivity contribution in [3.63, 3.8) is 0 Å². The van der Waals surface area contributed by atoms with E-state index in [4.69, 9.17) is 0 Å². The zero-order chi connectivity index (χ0) is 15.7. The monoisotopic (exact) mass is 301 g/mol. The van der Waals surface area contributed by atoms with Gasteiger partial charge in [0.1, 0.15) is 11.9 Å². The van der Waals surface area contributed by atoms with Gasteiger partial charge < -0.3 is 10.3 Å². The fourth-order valence-electron chi connectivity index (χ4n) is 2.49. The van der Waals surface area contributed by atoms with Crippen molar-refractivity contribution >= 4 is 28.8 Å². The molecule has 2 aromatic heterocycles. The fourth-order valence-corrected chi connectivity index (χ4v) is 2.49. The van der Waals surface area contributed by atoms with Gasteiger partial charge in [0.15, 0.2) is 0 Å². The maximum absolute atomic E-state index is 12.1. The molecule has 1 atom stereocenters. The summed E-state index contributed by atoms with van der Waals surface area (Å²) >= 11 is 0. The van der Waals surface area contributed by atoms with Crippen molar-refractivity contribution < 1.29 is 14.4 Å². The minimum atomic E-state index is -0.668. The molecule has 2 aromatic rings. The third kappa shape index (κ3) is 2.80. The lowest BCUT2D eigenvalue weighted by Crippen LogP contribution is -2.52. The Balaban J connectivity index is 1.71. The third-order valence-electron chi connectivity index (χ3n) is 3.51. The number of imide groups is 1. The number of carbonyl (C=O) groups is 3. The first kappa shape index (κ1) is 14.2. The summed E-state index contributed by atoms with van der Waals surface area (Å²) in [5.41, 5.74) is 2.15. The smallest absolute Gasteiger partial charge is 0.249 e. The first-order chi connectivity index (χ1) is 10.5. The summed E-state index contributed by atoms with van der Waals surface area (Å²) in [6.45, 7) is 1.83. The van der Waals surface area contributed by atoms with Crippen molar-refractivity contribution in [1.29, 1.82) is 0 Å². The van der Waals surface area contributed by atoms with Crippen molar-refractivity contribution in [3.05, 3.63) is 23.8 Å². The van der Waals surface area contributed by atoms with Crippen LogP contribution in [-0.2, 0) is 20.8 Å². The van der Waals surface area contributed by atoms with E-state index in [2.05, 4.69) is 25.6 Å². The van der Waals surface area contributed by atoms with E-state index in [0.29, 0.717) is 17.5 Å². The molecule has 22 heavy (non-hydrogen) atoms. The number of hydrogen-bond donors (Lipinski definition) is 3. The molecule has 1 unspecified atom stereocenters. The number of aromatic amines is 1. The number of nitrogens with zero attached hydrogens (tertiary/aromatic N) is 2. The van der Waals surface area contributed by atoms with Crippen LogP contribution in [0.3, 0.4) is 0 Å². The van der Waals surface area contributed by atoms with Gasteiger partial charge in [-0.2, -0.15) is 0 Å². The summed E-state index contributed by atoms with van der Waals surface area (Å²) in [7, 11) is 0. The van der Waals surface area contributed by atoms with Crippen LogP contribution in [0.15, 0.2) is 12.4 Å². The highest BCUT2D eigenvalue weighted by molar-refractivity contribution is 6.01. The fraction of sp³-hybridized carbons (Fsp3) is 0.357. The van der Waals surface area contributed by atoms with Crippen molar-refractivity contribution in [2.75, 3.05) is 0 Å². The Morgan fingerprint density at radius 2 is 2.23 bits per heavy atom. The van der Waals surface area contributed by atoms with E-state index < -0.39 is 11.9 Å². The average Bonchev–Trinajstić information content (AvgIpc) is 2.83. The summed E-state index contributed by atoms with van der Waals surface area (Å²) in [5, 5.41) is 4.85. The van der Waals surface area contributed by atoms with Gasteiger partial charge in [-0.25, -0.2) is 4.98 Å². The maximum Gasteiger partial charge on any atom is 0.249 e. The summed E-state index contributed by atoms with van der Waals surface area (Å²) in [6.07, 6.45) is 3.86. The van der Waals surface area contributed by atoms with Gasteiger partial charge >= 0.3 is 0 Å². The molecule has 0 bridgehead atoms. The quantitative estimate of drug-likeness (QED) is 0.675. The number of aryl methyl sites for hydroxylation is 1. The van der Waals surface area contributed by atoms with Crippen LogP contribution in [0.2, 0.25) is 0 Å². The lowest BCUT2D eigenvalue weighted by Gasteiger charge is -2.21. The molecule has 0 aromatic carbocycles. The number of fused-ring (bicyclic) bond motifs is 1. The third-order valence-corrected chi connectivity index (χ3v) is 3.51. The Kier molecular flexibility index (Phi) is 3.58. The summed E-state index contributed by atoms with van der Waals surface area (Å²) in [5.74, 6) is -0.327. The Bertz CT molecular complexity index is 767. The molecule has 3 N–H and O–H groups in total. The molecule has 3 rings (SSSR count). The number of amides is 3. The summed E-state index contributed by atoms with van der Waals surface area (Å²) in [4.78, 5) is 46.3. The second kappa shape index (κ2) is 5.55. The van der Waals surface area contributed by atoms with Crippen LogP contribution < -0.4 is 10.6 Å². The molecule has 114 valence electrons. The van der Waals surface area contributed by atoms with Crippen LogP contribution >= 0.6 is 0 Å². The molecule has 3 heterocycles. The topological polar surface area (TPSA) is 117 Å². The van der Waals surface area contributed by atoms with E-state index in [-0.39, 0.29) is 24.7 Å². The van der Waals surface area contributed by atoms with Crippen molar-refractivity contribution in [3.8, 4) is 0 Å². The molecule has 0 radical (unpaired) electrons. The minimum absolute atomic E-state index is 0.0758. The Hall–Kier alpha value is -2.77. The van der Waals surface area contributed by atoms with Crippen LogP contribution in [0.5, 0.6) is 0 Å². The number of nitrogens with one attached hydrogen (secondary N) is 3. The van der Waals surface area contributed by atoms with Crippen molar-refractivity contribution in [2.45, 2.75) is 32.2 Å². The number of hydrogen-bond acceptors (Lipinski definition) is 5. The lowest BCUT2D eigenvalue weighted by molar-refractivity contribution is -0.137. The molecule has 8 heteroatoms. The maximum atomic E-state index is 12.1. The predicted molar refractivity (Wildman–Crippen MR) is 76.6 cm³/mol. The number of rotatable bonds is 3. The second-order valence-electron chi connectivity index (χ2n) is 5.26. The van der Waals surface area contributed by atoms with E-state index in [1.54, 1.807) is 12.4 Å². The van der Waals surface area contributed by atoms with Crippen LogP contribution in [0.4, 0.5) is 0 Å². The van der Waals surface area contributed by atoms with Gasteiger partial charge in [0.25, 0.3) is 0 Å². The number of pyridine rings is 1. The zero-order valence-electron chi connectivity index (χ0n) is 12.0. The van der Waals surface area contributed by atoms with Gasteiger partial charge in [-0.3, -0.25) is 24.7 Å². The Labute approximate surface area is 125 Å². The van der Waals surface area contributed by atoms with Gasteiger partial charge in [0.05, 0.1) is 23.7 Å². The highest BCUT2D eigenvalue weighted by Crippen LogP contribution is 2.15. The number of carbonyl (C=O) groups excluding carboxylic acids is 3. The molecular formula is C14H15N5O3.